The number of aromatic nitrogens is 2. The Morgan fingerprint density at radius 2 is 1.85 bits per heavy atom. The van der Waals surface area contributed by atoms with Crippen molar-refractivity contribution in [2.24, 2.45) is 5.73 Å². The minimum atomic E-state index is 0.259. The summed E-state index contributed by atoms with van der Waals surface area (Å²) in [4.78, 5) is 4.58. The standard InChI is InChI=1S/C16H17N3O/c17-10-9-15-18-13-7-4-8-14(20)16(13)19(15)11-12-5-2-1-3-6-12/h1-8,20H,9-11,17H2. The lowest BCUT2D eigenvalue weighted by Gasteiger charge is -2.09. The molecule has 0 saturated heterocycles. The molecule has 1 aromatic heterocycles. The largest absolute Gasteiger partial charge is 0.506 e. The van der Waals surface area contributed by atoms with Gasteiger partial charge in [-0.15, -0.1) is 0 Å². The first-order chi connectivity index (χ1) is 9.79. The number of para-hydroxylation sites is 1. The summed E-state index contributed by atoms with van der Waals surface area (Å²) >= 11 is 0. The van der Waals surface area contributed by atoms with Gasteiger partial charge in [-0.3, -0.25) is 0 Å². The summed E-state index contributed by atoms with van der Waals surface area (Å²) in [5.74, 6) is 1.17. The third-order valence-electron chi connectivity index (χ3n) is 3.38. The lowest BCUT2D eigenvalue weighted by Crippen LogP contribution is -2.10. The van der Waals surface area contributed by atoms with Crippen molar-refractivity contribution in [1.29, 1.82) is 0 Å². The Hall–Kier alpha value is -2.33. The van der Waals surface area contributed by atoms with Gasteiger partial charge in [0.05, 0.1) is 5.52 Å². The van der Waals surface area contributed by atoms with Crippen LogP contribution in [0.4, 0.5) is 0 Å². The smallest absolute Gasteiger partial charge is 0.141 e. The molecule has 0 aliphatic carbocycles. The topological polar surface area (TPSA) is 64.1 Å². The molecule has 4 nitrogen and oxygen atoms in total. The molecule has 0 amide bonds. The molecule has 0 saturated carbocycles. The average Bonchev–Trinajstić information content (AvgIpc) is 2.80. The second-order valence-electron chi connectivity index (χ2n) is 4.78. The normalized spacial score (nSPS) is 11.1. The van der Waals surface area contributed by atoms with E-state index in [2.05, 4.69) is 17.1 Å². The van der Waals surface area contributed by atoms with E-state index in [0.29, 0.717) is 19.5 Å². The van der Waals surface area contributed by atoms with Crippen molar-refractivity contribution in [3.05, 3.63) is 59.9 Å². The number of benzene rings is 2. The first kappa shape index (κ1) is 12.7. The lowest BCUT2D eigenvalue weighted by molar-refractivity contribution is 0.478. The number of aromatic hydroxyl groups is 1. The van der Waals surface area contributed by atoms with Gasteiger partial charge in [-0.25, -0.2) is 4.98 Å². The average molecular weight is 267 g/mol. The number of hydrogen-bond acceptors (Lipinski definition) is 3. The number of rotatable bonds is 4. The van der Waals surface area contributed by atoms with Gasteiger partial charge < -0.3 is 15.4 Å². The van der Waals surface area contributed by atoms with E-state index < -0.39 is 0 Å². The van der Waals surface area contributed by atoms with Crippen molar-refractivity contribution in [2.45, 2.75) is 13.0 Å². The Morgan fingerprint density at radius 3 is 2.60 bits per heavy atom. The van der Waals surface area contributed by atoms with Crippen molar-refractivity contribution < 1.29 is 5.11 Å². The quantitative estimate of drug-likeness (QED) is 0.762. The zero-order chi connectivity index (χ0) is 13.9. The fourth-order valence-electron chi connectivity index (χ4n) is 2.47. The van der Waals surface area contributed by atoms with Gasteiger partial charge in [0.15, 0.2) is 0 Å². The molecule has 3 N–H and O–H groups in total. The van der Waals surface area contributed by atoms with Gasteiger partial charge in [0.25, 0.3) is 0 Å². The summed E-state index contributed by atoms with van der Waals surface area (Å²) in [6.45, 7) is 1.23. The predicted octanol–water partition coefficient (Wildman–Crippen LogP) is 2.29. The van der Waals surface area contributed by atoms with E-state index >= 15 is 0 Å². The maximum absolute atomic E-state index is 10.1. The zero-order valence-corrected chi connectivity index (χ0v) is 11.2. The van der Waals surface area contributed by atoms with Crippen LogP contribution in [0.2, 0.25) is 0 Å². The molecule has 0 aliphatic heterocycles. The predicted molar refractivity (Wildman–Crippen MR) is 79.7 cm³/mol. The van der Waals surface area contributed by atoms with E-state index in [1.807, 2.05) is 34.9 Å². The second-order valence-corrected chi connectivity index (χ2v) is 4.78. The van der Waals surface area contributed by atoms with Gasteiger partial charge in [-0.05, 0) is 24.2 Å². The van der Waals surface area contributed by atoms with E-state index in [0.717, 1.165) is 16.9 Å². The summed E-state index contributed by atoms with van der Waals surface area (Å²) in [6.07, 6.45) is 0.695. The highest BCUT2D eigenvalue weighted by Gasteiger charge is 2.13. The monoisotopic (exact) mass is 267 g/mol. The highest BCUT2D eigenvalue weighted by Crippen LogP contribution is 2.26. The van der Waals surface area contributed by atoms with Crippen molar-refractivity contribution >= 4 is 11.0 Å². The maximum Gasteiger partial charge on any atom is 0.141 e. The minimum absolute atomic E-state index is 0.259. The lowest BCUT2D eigenvalue weighted by atomic mass is 10.2. The summed E-state index contributed by atoms with van der Waals surface area (Å²) in [5.41, 5.74) is 8.43. The van der Waals surface area contributed by atoms with Gasteiger partial charge in [-0.1, -0.05) is 36.4 Å². The van der Waals surface area contributed by atoms with Crippen molar-refractivity contribution in [2.75, 3.05) is 6.54 Å². The van der Waals surface area contributed by atoms with Crippen LogP contribution in [0.3, 0.4) is 0 Å². The number of imidazole rings is 1. The third kappa shape index (κ3) is 2.26. The molecule has 4 heteroatoms. The number of nitrogens with two attached hydrogens (primary N) is 1. The van der Waals surface area contributed by atoms with E-state index in [-0.39, 0.29) is 5.75 Å². The van der Waals surface area contributed by atoms with E-state index in [1.54, 1.807) is 6.07 Å². The number of hydrogen-bond donors (Lipinski definition) is 2. The first-order valence-corrected chi connectivity index (χ1v) is 6.70. The molecule has 0 spiro atoms. The number of phenolic OH excluding ortho intramolecular Hbond substituents is 1. The Bertz CT molecular complexity index is 719. The van der Waals surface area contributed by atoms with Crippen molar-refractivity contribution in [3.8, 4) is 5.75 Å². The van der Waals surface area contributed by atoms with Crippen LogP contribution < -0.4 is 5.73 Å². The van der Waals surface area contributed by atoms with Gasteiger partial charge in [0, 0.05) is 13.0 Å². The molecule has 3 rings (SSSR count). The van der Waals surface area contributed by atoms with Crippen LogP contribution >= 0.6 is 0 Å². The number of nitrogens with zero attached hydrogens (tertiary/aromatic N) is 2. The third-order valence-corrected chi connectivity index (χ3v) is 3.38. The van der Waals surface area contributed by atoms with Gasteiger partial charge in [0.2, 0.25) is 0 Å². The van der Waals surface area contributed by atoms with Crippen LogP contribution in [0.5, 0.6) is 5.75 Å². The molecule has 0 aliphatic rings. The highest BCUT2D eigenvalue weighted by molar-refractivity contribution is 5.82. The zero-order valence-electron chi connectivity index (χ0n) is 11.2. The molecular formula is C16H17N3O. The van der Waals surface area contributed by atoms with Gasteiger partial charge in [0.1, 0.15) is 17.1 Å². The Morgan fingerprint density at radius 1 is 1.05 bits per heavy atom. The number of fused-ring (bicyclic) bond motifs is 1. The fraction of sp³-hybridized carbons (Fsp3) is 0.188. The summed E-state index contributed by atoms with van der Waals surface area (Å²) < 4.78 is 2.05. The van der Waals surface area contributed by atoms with E-state index in [4.69, 9.17) is 5.73 Å². The second kappa shape index (κ2) is 5.35. The van der Waals surface area contributed by atoms with Crippen molar-refractivity contribution in [3.63, 3.8) is 0 Å². The van der Waals surface area contributed by atoms with Crippen molar-refractivity contribution in [1.82, 2.24) is 9.55 Å². The molecule has 20 heavy (non-hydrogen) atoms. The molecule has 102 valence electrons. The summed E-state index contributed by atoms with van der Waals surface area (Å²) in [5, 5.41) is 10.1. The van der Waals surface area contributed by atoms with Crippen LogP contribution in [0, 0.1) is 0 Å². The summed E-state index contributed by atoms with van der Waals surface area (Å²) in [6, 6.07) is 15.6. The van der Waals surface area contributed by atoms with Crippen LogP contribution in [0.15, 0.2) is 48.5 Å². The molecule has 0 radical (unpaired) electrons. The van der Waals surface area contributed by atoms with Gasteiger partial charge >= 0.3 is 0 Å². The van der Waals surface area contributed by atoms with Crippen LogP contribution in [0.1, 0.15) is 11.4 Å². The molecule has 0 atom stereocenters. The van der Waals surface area contributed by atoms with Gasteiger partial charge in [-0.2, -0.15) is 0 Å². The molecule has 0 bridgehead atoms. The molecule has 0 fully saturated rings. The van der Waals surface area contributed by atoms with Crippen LogP contribution in [-0.2, 0) is 13.0 Å². The molecule has 1 heterocycles. The highest BCUT2D eigenvalue weighted by atomic mass is 16.3. The summed E-state index contributed by atoms with van der Waals surface area (Å²) in [7, 11) is 0. The minimum Gasteiger partial charge on any atom is -0.506 e. The Balaban J connectivity index is 2.13. The SMILES string of the molecule is NCCc1nc2cccc(O)c2n1Cc1ccccc1. The molecule has 3 aromatic rings. The maximum atomic E-state index is 10.1. The van der Waals surface area contributed by atoms with Crippen LogP contribution in [0.25, 0.3) is 11.0 Å². The Kier molecular flexibility index (Phi) is 3.39. The van der Waals surface area contributed by atoms with Crippen LogP contribution in [-0.4, -0.2) is 21.2 Å². The van der Waals surface area contributed by atoms with E-state index in [1.165, 1.54) is 5.56 Å². The first-order valence-electron chi connectivity index (χ1n) is 6.70. The molecular weight excluding hydrogens is 250 g/mol. The van der Waals surface area contributed by atoms with E-state index in [9.17, 15) is 5.11 Å². The number of phenols is 1. The Labute approximate surface area is 117 Å². The fourth-order valence-corrected chi connectivity index (χ4v) is 2.47. The molecule has 2 aromatic carbocycles. The molecule has 0 unspecified atom stereocenters.